The summed E-state index contributed by atoms with van der Waals surface area (Å²) in [6.45, 7) is 3.73. The van der Waals surface area contributed by atoms with Gasteiger partial charge in [-0.1, -0.05) is 12.1 Å². The topological polar surface area (TPSA) is 55.4 Å². The van der Waals surface area contributed by atoms with E-state index in [1.807, 2.05) is 13.8 Å². The van der Waals surface area contributed by atoms with Gasteiger partial charge in [0.15, 0.2) is 0 Å². The second kappa shape index (κ2) is 5.87. The van der Waals surface area contributed by atoms with Crippen molar-refractivity contribution in [2.45, 2.75) is 19.4 Å². The van der Waals surface area contributed by atoms with Gasteiger partial charge in [0, 0.05) is 0 Å². The molecule has 18 heavy (non-hydrogen) atoms. The molecular formula is C13H16ClNO3. The Morgan fingerprint density at radius 2 is 1.83 bits per heavy atom. The Morgan fingerprint density at radius 1 is 1.28 bits per heavy atom. The number of hydrogen-bond acceptors (Lipinski definition) is 3. The molecule has 0 aliphatic carbocycles. The van der Waals surface area contributed by atoms with Crippen LogP contribution < -0.4 is 5.32 Å². The molecular weight excluding hydrogens is 254 g/mol. The van der Waals surface area contributed by atoms with Gasteiger partial charge in [-0.2, -0.15) is 0 Å². The van der Waals surface area contributed by atoms with Gasteiger partial charge in [-0.05, 0) is 31.5 Å². The Labute approximate surface area is 111 Å². The summed E-state index contributed by atoms with van der Waals surface area (Å²) in [7, 11) is 1.33. The van der Waals surface area contributed by atoms with Gasteiger partial charge in [0.25, 0.3) is 0 Å². The van der Waals surface area contributed by atoms with Crippen LogP contribution in [0.15, 0.2) is 24.3 Å². The SMILES string of the molecule is COC(=O)c1ccc(C(C)(C)NC(=O)CCl)cc1. The van der Waals surface area contributed by atoms with Crippen molar-refractivity contribution in [2.75, 3.05) is 13.0 Å². The molecule has 1 rings (SSSR count). The number of carbonyl (C=O) groups excluding carboxylic acids is 2. The fourth-order valence-electron chi connectivity index (χ4n) is 1.59. The summed E-state index contributed by atoms with van der Waals surface area (Å²) in [6.07, 6.45) is 0. The third-order valence-corrected chi connectivity index (χ3v) is 2.84. The van der Waals surface area contributed by atoms with E-state index in [0.29, 0.717) is 5.56 Å². The van der Waals surface area contributed by atoms with Crippen molar-refractivity contribution in [3.8, 4) is 0 Å². The van der Waals surface area contributed by atoms with Gasteiger partial charge < -0.3 is 10.1 Å². The van der Waals surface area contributed by atoms with E-state index in [1.165, 1.54) is 7.11 Å². The van der Waals surface area contributed by atoms with Crippen molar-refractivity contribution >= 4 is 23.5 Å². The Kier molecular flexibility index (Phi) is 4.73. The Bertz CT molecular complexity index is 440. The lowest BCUT2D eigenvalue weighted by Gasteiger charge is -2.26. The summed E-state index contributed by atoms with van der Waals surface area (Å²) in [5.41, 5.74) is 0.815. The molecule has 0 aliphatic heterocycles. The molecule has 0 saturated heterocycles. The van der Waals surface area contributed by atoms with Gasteiger partial charge in [0.05, 0.1) is 18.2 Å². The zero-order chi connectivity index (χ0) is 13.8. The lowest BCUT2D eigenvalue weighted by Crippen LogP contribution is -2.41. The molecule has 1 amide bonds. The first kappa shape index (κ1) is 14.5. The van der Waals surface area contributed by atoms with Gasteiger partial charge in [0.1, 0.15) is 5.88 Å². The Morgan fingerprint density at radius 3 is 2.28 bits per heavy atom. The van der Waals surface area contributed by atoms with Crippen molar-refractivity contribution in [3.05, 3.63) is 35.4 Å². The zero-order valence-electron chi connectivity index (χ0n) is 10.6. The minimum atomic E-state index is -0.541. The maximum Gasteiger partial charge on any atom is 0.337 e. The molecule has 0 fully saturated rings. The van der Waals surface area contributed by atoms with Gasteiger partial charge in [-0.15, -0.1) is 11.6 Å². The molecule has 0 saturated carbocycles. The van der Waals surface area contributed by atoms with Crippen LogP contribution in [0.1, 0.15) is 29.8 Å². The molecule has 1 aromatic rings. The van der Waals surface area contributed by atoms with E-state index in [0.717, 1.165) is 5.56 Å². The fraction of sp³-hybridized carbons (Fsp3) is 0.385. The molecule has 1 N–H and O–H groups in total. The molecule has 0 bridgehead atoms. The summed E-state index contributed by atoms with van der Waals surface area (Å²) >= 11 is 5.46. The number of hydrogen-bond donors (Lipinski definition) is 1. The molecule has 0 atom stereocenters. The minimum Gasteiger partial charge on any atom is -0.465 e. The standard InChI is InChI=1S/C13H16ClNO3/c1-13(2,15-11(16)8-14)10-6-4-9(5-7-10)12(17)18-3/h4-7H,8H2,1-3H3,(H,15,16). The van der Waals surface area contributed by atoms with Crippen molar-refractivity contribution in [1.29, 1.82) is 0 Å². The molecule has 0 aliphatic rings. The summed E-state index contributed by atoms with van der Waals surface area (Å²) in [5.74, 6) is -0.702. The number of nitrogens with one attached hydrogen (secondary N) is 1. The average Bonchev–Trinajstić information content (AvgIpc) is 2.37. The quantitative estimate of drug-likeness (QED) is 0.672. The number of amides is 1. The molecule has 5 heteroatoms. The van der Waals surface area contributed by atoms with Crippen LogP contribution in [-0.2, 0) is 15.1 Å². The maximum atomic E-state index is 11.3. The van der Waals surface area contributed by atoms with Crippen LogP contribution in [0, 0.1) is 0 Å². The lowest BCUT2D eigenvalue weighted by atomic mass is 9.93. The number of methoxy groups -OCH3 is 1. The van der Waals surface area contributed by atoms with E-state index < -0.39 is 5.54 Å². The molecule has 0 aromatic heterocycles. The second-order valence-corrected chi connectivity index (χ2v) is 4.64. The smallest absolute Gasteiger partial charge is 0.337 e. The summed E-state index contributed by atoms with van der Waals surface area (Å²) < 4.78 is 4.62. The molecule has 0 radical (unpaired) electrons. The number of halogens is 1. The average molecular weight is 270 g/mol. The highest BCUT2D eigenvalue weighted by Gasteiger charge is 2.22. The number of carbonyl (C=O) groups is 2. The van der Waals surface area contributed by atoms with Gasteiger partial charge in [-0.25, -0.2) is 4.79 Å². The predicted octanol–water partition coefficient (Wildman–Crippen LogP) is 2.06. The van der Waals surface area contributed by atoms with E-state index in [-0.39, 0.29) is 17.8 Å². The van der Waals surface area contributed by atoms with E-state index in [9.17, 15) is 9.59 Å². The molecule has 1 aromatic carbocycles. The van der Waals surface area contributed by atoms with E-state index in [2.05, 4.69) is 10.1 Å². The first-order chi connectivity index (χ1) is 8.40. The Balaban J connectivity index is 2.90. The summed E-state index contributed by atoms with van der Waals surface area (Å²) in [6, 6.07) is 6.88. The number of alkyl halides is 1. The molecule has 0 unspecified atom stereocenters. The van der Waals surface area contributed by atoms with Crippen LogP contribution in [0.2, 0.25) is 0 Å². The van der Waals surface area contributed by atoms with Crippen molar-refractivity contribution < 1.29 is 14.3 Å². The highest BCUT2D eigenvalue weighted by Crippen LogP contribution is 2.20. The van der Waals surface area contributed by atoms with Crippen LogP contribution in [0.3, 0.4) is 0 Å². The predicted molar refractivity (Wildman–Crippen MR) is 69.7 cm³/mol. The molecule has 0 heterocycles. The van der Waals surface area contributed by atoms with Gasteiger partial charge in [-0.3, -0.25) is 4.79 Å². The third kappa shape index (κ3) is 3.47. The maximum absolute atomic E-state index is 11.3. The molecule has 0 spiro atoms. The highest BCUT2D eigenvalue weighted by atomic mass is 35.5. The zero-order valence-corrected chi connectivity index (χ0v) is 11.4. The van der Waals surface area contributed by atoms with Crippen LogP contribution in [0.25, 0.3) is 0 Å². The van der Waals surface area contributed by atoms with Gasteiger partial charge >= 0.3 is 5.97 Å². The number of ether oxygens (including phenoxy) is 1. The summed E-state index contributed by atoms with van der Waals surface area (Å²) in [5, 5.41) is 2.80. The monoisotopic (exact) mass is 269 g/mol. The van der Waals surface area contributed by atoms with E-state index in [4.69, 9.17) is 11.6 Å². The van der Waals surface area contributed by atoms with Crippen molar-refractivity contribution in [2.24, 2.45) is 0 Å². The first-order valence-electron chi connectivity index (χ1n) is 5.46. The summed E-state index contributed by atoms with van der Waals surface area (Å²) in [4.78, 5) is 22.6. The van der Waals surface area contributed by atoms with Gasteiger partial charge in [0.2, 0.25) is 5.91 Å². The van der Waals surface area contributed by atoms with Crippen LogP contribution in [0.4, 0.5) is 0 Å². The van der Waals surface area contributed by atoms with Crippen LogP contribution >= 0.6 is 11.6 Å². The lowest BCUT2D eigenvalue weighted by molar-refractivity contribution is -0.120. The first-order valence-corrected chi connectivity index (χ1v) is 6.00. The van der Waals surface area contributed by atoms with Crippen molar-refractivity contribution in [3.63, 3.8) is 0 Å². The number of benzene rings is 1. The second-order valence-electron chi connectivity index (χ2n) is 4.38. The minimum absolute atomic E-state index is 0.0797. The number of esters is 1. The Hall–Kier alpha value is -1.55. The van der Waals surface area contributed by atoms with E-state index in [1.54, 1.807) is 24.3 Å². The number of rotatable bonds is 4. The molecule has 98 valence electrons. The van der Waals surface area contributed by atoms with Crippen LogP contribution in [0.5, 0.6) is 0 Å². The highest BCUT2D eigenvalue weighted by molar-refractivity contribution is 6.27. The fourth-order valence-corrected chi connectivity index (χ4v) is 1.66. The van der Waals surface area contributed by atoms with Crippen molar-refractivity contribution in [1.82, 2.24) is 5.32 Å². The van der Waals surface area contributed by atoms with E-state index >= 15 is 0 Å². The molecule has 4 nitrogen and oxygen atoms in total. The largest absolute Gasteiger partial charge is 0.465 e. The van der Waals surface area contributed by atoms with Crippen LogP contribution in [-0.4, -0.2) is 24.9 Å². The third-order valence-electron chi connectivity index (χ3n) is 2.60. The normalized spacial score (nSPS) is 10.9.